The van der Waals surface area contributed by atoms with Crippen molar-refractivity contribution in [1.82, 2.24) is 4.98 Å². The zero-order valence-electron chi connectivity index (χ0n) is 8.08. The number of aromatic hydroxyl groups is 1. The van der Waals surface area contributed by atoms with Crippen LogP contribution in [-0.2, 0) is 6.61 Å². The van der Waals surface area contributed by atoms with Crippen LogP contribution < -0.4 is 9.47 Å². The van der Waals surface area contributed by atoms with Crippen LogP contribution in [0.4, 0.5) is 13.2 Å². The highest BCUT2D eigenvalue weighted by Crippen LogP contribution is 2.35. The van der Waals surface area contributed by atoms with Crippen molar-refractivity contribution < 1.29 is 32.9 Å². The molecular formula is C8H8F3NO4. The number of pyridine rings is 1. The Morgan fingerprint density at radius 1 is 1.44 bits per heavy atom. The number of halogens is 3. The van der Waals surface area contributed by atoms with Crippen LogP contribution in [0, 0.1) is 0 Å². The van der Waals surface area contributed by atoms with E-state index in [2.05, 4.69) is 14.5 Å². The second-order valence-electron chi connectivity index (χ2n) is 2.66. The van der Waals surface area contributed by atoms with Gasteiger partial charge in [0.15, 0.2) is 11.5 Å². The van der Waals surface area contributed by atoms with E-state index >= 15 is 0 Å². The van der Waals surface area contributed by atoms with Gasteiger partial charge in [0.25, 0.3) is 0 Å². The van der Waals surface area contributed by atoms with Crippen LogP contribution in [-0.4, -0.2) is 28.7 Å². The molecule has 8 heteroatoms. The van der Waals surface area contributed by atoms with Crippen LogP contribution in [0.1, 0.15) is 5.69 Å². The Hall–Kier alpha value is -1.70. The summed E-state index contributed by atoms with van der Waals surface area (Å²) in [5.74, 6) is -1.95. The first-order chi connectivity index (χ1) is 7.37. The number of methoxy groups -OCH3 is 1. The van der Waals surface area contributed by atoms with Gasteiger partial charge >= 0.3 is 6.36 Å². The Labute approximate surface area is 88.1 Å². The van der Waals surface area contributed by atoms with E-state index in [1.165, 1.54) is 7.11 Å². The first kappa shape index (κ1) is 12.4. The van der Waals surface area contributed by atoms with E-state index in [1.54, 1.807) is 0 Å². The Morgan fingerprint density at radius 2 is 2.06 bits per heavy atom. The summed E-state index contributed by atoms with van der Waals surface area (Å²) in [5.41, 5.74) is -0.362. The third-order valence-corrected chi connectivity index (χ3v) is 1.59. The van der Waals surface area contributed by atoms with Gasteiger partial charge in [-0.25, -0.2) is 4.98 Å². The lowest BCUT2D eigenvalue weighted by Gasteiger charge is -2.12. The zero-order chi connectivity index (χ0) is 12.3. The van der Waals surface area contributed by atoms with E-state index in [4.69, 9.17) is 5.11 Å². The lowest BCUT2D eigenvalue weighted by atomic mass is 10.3. The molecule has 0 spiro atoms. The van der Waals surface area contributed by atoms with Gasteiger partial charge in [-0.15, -0.1) is 13.2 Å². The van der Waals surface area contributed by atoms with Crippen molar-refractivity contribution >= 4 is 0 Å². The Kier molecular flexibility index (Phi) is 3.43. The Morgan fingerprint density at radius 3 is 2.50 bits per heavy atom. The molecule has 90 valence electrons. The van der Waals surface area contributed by atoms with Gasteiger partial charge in [0.05, 0.1) is 13.7 Å². The molecule has 5 nitrogen and oxygen atoms in total. The molecule has 0 atom stereocenters. The monoisotopic (exact) mass is 239 g/mol. The maximum absolute atomic E-state index is 11.9. The van der Waals surface area contributed by atoms with Gasteiger partial charge in [-0.2, -0.15) is 0 Å². The van der Waals surface area contributed by atoms with Crippen LogP contribution in [0.5, 0.6) is 17.4 Å². The molecule has 0 aliphatic heterocycles. The number of hydrogen-bond acceptors (Lipinski definition) is 5. The SMILES string of the molecule is COc1cc(OC(F)(F)F)c(O)c(CO)n1. The molecular weight excluding hydrogens is 231 g/mol. The van der Waals surface area contributed by atoms with Gasteiger partial charge in [-0.3, -0.25) is 0 Å². The number of rotatable bonds is 3. The first-order valence-corrected chi connectivity index (χ1v) is 4.01. The minimum atomic E-state index is -4.95. The molecule has 0 aromatic carbocycles. The van der Waals surface area contributed by atoms with Crippen molar-refractivity contribution in [2.45, 2.75) is 13.0 Å². The molecule has 0 amide bonds. The zero-order valence-corrected chi connectivity index (χ0v) is 8.08. The third-order valence-electron chi connectivity index (χ3n) is 1.59. The van der Waals surface area contributed by atoms with Gasteiger partial charge in [-0.05, 0) is 0 Å². The number of nitrogens with zero attached hydrogens (tertiary/aromatic N) is 1. The second kappa shape index (κ2) is 4.44. The molecule has 0 bridgehead atoms. The van der Waals surface area contributed by atoms with E-state index in [-0.39, 0.29) is 11.6 Å². The molecule has 0 saturated carbocycles. The average Bonchev–Trinajstić information content (AvgIpc) is 2.19. The third kappa shape index (κ3) is 2.89. The number of ether oxygens (including phenoxy) is 2. The van der Waals surface area contributed by atoms with Gasteiger partial charge in [0.1, 0.15) is 5.69 Å². The van der Waals surface area contributed by atoms with Crippen molar-refractivity contribution in [1.29, 1.82) is 0 Å². The van der Waals surface area contributed by atoms with Crippen molar-refractivity contribution in [3.8, 4) is 17.4 Å². The quantitative estimate of drug-likeness (QED) is 0.828. The molecule has 0 unspecified atom stereocenters. The fourth-order valence-corrected chi connectivity index (χ4v) is 0.958. The number of aromatic nitrogens is 1. The van der Waals surface area contributed by atoms with E-state index in [0.29, 0.717) is 0 Å². The highest BCUT2D eigenvalue weighted by molar-refractivity contribution is 5.45. The summed E-state index contributed by atoms with van der Waals surface area (Å²) in [6.07, 6.45) is -4.95. The van der Waals surface area contributed by atoms with Gasteiger partial charge in [-0.1, -0.05) is 0 Å². The summed E-state index contributed by atoms with van der Waals surface area (Å²) in [4.78, 5) is 3.53. The molecule has 0 saturated heterocycles. The van der Waals surface area contributed by atoms with E-state index in [1.807, 2.05) is 0 Å². The molecule has 0 fully saturated rings. The fourth-order valence-electron chi connectivity index (χ4n) is 0.958. The molecule has 1 heterocycles. The average molecular weight is 239 g/mol. The lowest BCUT2D eigenvalue weighted by Crippen LogP contribution is -2.17. The maximum Gasteiger partial charge on any atom is 0.573 e. The molecule has 0 aliphatic carbocycles. The highest BCUT2D eigenvalue weighted by atomic mass is 19.4. The number of aliphatic hydroxyl groups excluding tert-OH is 1. The van der Waals surface area contributed by atoms with Crippen molar-refractivity contribution in [2.24, 2.45) is 0 Å². The van der Waals surface area contributed by atoms with Crippen LogP contribution in [0.15, 0.2) is 6.07 Å². The van der Waals surface area contributed by atoms with E-state index in [0.717, 1.165) is 6.07 Å². The molecule has 2 N–H and O–H groups in total. The van der Waals surface area contributed by atoms with E-state index < -0.39 is 24.5 Å². The normalized spacial score (nSPS) is 11.3. The minimum absolute atomic E-state index is 0.207. The van der Waals surface area contributed by atoms with Crippen molar-refractivity contribution in [3.05, 3.63) is 11.8 Å². The Balaban J connectivity index is 3.16. The number of aliphatic hydroxyl groups is 1. The largest absolute Gasteiger partial charge is 0.573 e. The second-order valence-corrected chi connectivity index (χ2v) is 2.66. The first-order valence-electron chi connectivity index (χ1n) is 4.01. The van der Waals surface area contributed by atoms with Crippen LogP contribution in [0.3, 0.4) is 0 Å². The maximum atomic E-state index is 11.9. The number of alkyl halides is 3. The predicted molar refractivity (Wildman–Crippen MR) is 45.1 cm³/mol. The van der Waals surface area contributed by atoms with Crippen LogP contribution >= 0.6 is 0 Å². The summed E-state index contributed by atoms with van der Waals surface area (Å²) < 4.78 is 43.9. The van der Waals surface area contributed by atoms with Gasteiger partial charge in [0.2, 0.25) is 5.88 Å². The molecule has 1 aromatic rings. The van der Waals surface area contributed by atoms with Crippen LogP contribution in [0.25, 0.3) is 0 Å². The van der Waals surface area contributed by atoms with Crippen molar-refractivity contribution in [3.63, 3.8) is 0 Å². The molecule has 1 aromatic heterocycles. The Bertz CT molecular complexity index is 380. The summed E-state index contributed by atoms with van der Waals surface area (Å²) in [7, 11) is 1.18. The highest BCUT2D eigenvalue weighted by Gasteiger charge is 2.33. The smallest absolute Gasteiger partial charge is 0.503 e. The van der Waals surface area contributed by atoms with Gasteiger partial charge < -0.3 is 19.7 Å². The fraction of sp³-hybridized carbons (Fsp3) is 0.375. The molecule has 1 rings (SSSR count). The van der Waals surface area contributed by atoms with Crippen molar-refractivity contribution in [2.75, 3.05) is 7.11 Å². The summed E-state index contributed by atoms with van der Waals surface area (Å²) in [5, 5.41) is 18.0. The number of hydrogen-bond donors (Lipinski definition) is 2. The molecule has 0 radical (unpaired) electrons. The summed E-state index contributed by atoms with van der Waals surface area (Å²) >= 11 is 0. The van der Waals surface area contributed by atoms with E-state index in [9.17, 15) is 18.3 Å². The van der Waals surface area contributed by atoms with Crippen LogP contribution in [0.2, 0.25) is 0 Å². The lowest BCUT2D eigenvalue weighted by molar-refractivity contribution is -0.275. The molecule has 0 aliphatic rings. The van der Waals surface area contributed by atoms with Gasteiger partial charge in [0, 0.05) is 6.07 Å². The summed E-state index contributed by atoms with van der Waals surface area (Å²) in [6, 6.07) is 0.766. The molecule has 16 heavy (non-hydrogen) atoms. The standard InChI is InChI=1S/C8H8F3NO4/c1-15-6-2-5(16-8(9,10)11)7(14)4(3-13)12-6/h2,13-14H,3H2,1H3. The predicted octanol–water partition coefficient (Wildman–Crippen LogP) is 1.19. The summed E-state index contributed by atoms with van der Waals surface area (Å²) in [6.45, 7) is -0.739. The minimum Gasteiger partial charge on any atom is -0.503 e. The topological polar surface area (TPSA) is 71.8 Å².